The summed E-state index contributed by atoms with van der Waals surface area (Å²) in [4.78, 5) is 0.584. The number of nitrogens with zero attached hydrogens (tertiary/aromatic N) is 6. The number of aromatic nitrogens is 6. The molecular weight excluding hydrogens is 351 g/mol. The summed E-state index contributed by atoms with van der Waals surface area (Å²) in [6.07, 6.45) is 0. The van der Waals surface area contributed by atoms with E-state index in [0.717, 1.165) is 22.9 Å². The molecule has 0 radical (unpaired) electrons. The summed E-state index contributed by atoms with van der Waals surface area (Å²) in [5.74, 6) is -0.0931. The fourth-order valence-electron chi connectivity index (χ4n) is 2.52. The zero-order chi connectivity index (χ0) is 16.8. The standard InChI is InChI=1S/C15H12ClFN6S/c1-3-22-12(6-8(2)20-22)14-21-23-13(18-19-15(23)24-14)10-7-9(16)4-5-11(10)17/h4-7H,3H2,1-2H3. The van der Waals surface area contributed by atoms with Crippen molar-refractivity contribution in [2.75, 3.05) is 0 Å². The van der Waals surface area contributed by atoms with Crippen LogP contribution in [-0.2, 0) is 6.54 Å². The van der Waals surface area contributed by atoms with Crippen LogP contribution in [0.3, 0.4) is 0 Å². The van der Waals surface area contributed by atoms with E-state index in [1.54, 1.807) is 0 Å². The molecule has 0 aliphatic heterocycles. The number of fused-ring (bicyclic) bond motifs is 1. The molecule has 0 saturated carbocycles. The number of benzene rings is 1. The first-order valence-corrected chi connectivity index (χ1v) is 8.48. The normalized spacial score (nSPS) is 11.5. The van der Waals surface area contributed by atoms with Crippen LogP contribution in [0, 0.1) is 12.7 Å². The molecule has 4 rings (SSSR count). The Morgan fingerprint density at radius 3 is 2.83 bits per heavy atom. The van der Waals surface area contributed by atoms with E-state index in [0.29, 0.717) is 15.8 Å². The fourth-order valence-corrected chi connectivity index (χ4v) is 3.55. The molecule has 3 heterocycles. The molecule has 0 atom stereocenters. The third-order valence-corrected chi connectivity index (χ3v) is 4.74. The Balaban J connectivity index is 1.89. The first kappa shape index (κ1) is 15.2. The van der Waals surface area contributed by atoms with Gasteiger partial charge >= 0.3 is 0 Å². The van der Waals surface area contributed by atoms with Gasteiger partial charge < -0.3 is 0 Å². The summed E-state index contributed by atoms with van der Waals surface area (Å²) < 4.78 is 17.5. The second-order valence-corrected chi connectivity index (χ2v) is 6.63. The number of hydrogen-bond donors (Lipinski definition) is 0. The maximum Gasteiger partial charge on any atom is 0.235 e. The average Bonchev–Trinajstić information content (AvgIpc) is 3.22. The number of hydrogen-bond acceptors (Lipinski definition) is 5. The minimum Gasteiger partial charge on any atom is -0.262 e. The van der Waals surface area contributed by atoms with Crippen molar-refractivity contribution in [1.82, 2.24) is 29.6 Å². The van der Waals surface area contributed by atoms with Crippen molar-refractivity contribution in [3.63, 3.8) is 0 Å². The Morgan fingerprint density at radius 1 is 1.21 bits per heavy atom. The number of rotatable bonds is 3. The Bertz CT molecular complexity index is 1050. The highest BCUT2D eigenvalue weighted by atomic mass is 35.5. The van der Waals surface area contributed by atoms with E-state index in [2.05, 4.69) is 20.4 Å². The van der Waals surface area contributed by atoms with Crippen molar-refractivity contribution in [3.8, 4) is 22.1 Å². The molecule has 0 unspecified atom stereocenters. The van der Waals surface area contributed by atoms with E-state index in [9.17, 15) is 4.39 Å². The summed E-state index contributed by atoms with van der Waals surface area (Å²) in [6, 6.07) is 6.29. The van der Waals surface area contributed by atoms with Gasteiger partial charge in [0.1, 0.15) is 5.82 Å². The first-order valence-electron chi connectivity index (χ1n) is 7.29. The molecule has 0 aliphatic rings. The molecule has 0 N–H and O–H groups in total. The summed E-state index contributed by atoms with van der Waals surface area (Å²) in [5.41, 5.74) is 2.09. The molecule has 3 aromatic heterocycles. The molecule has 0 amide bonds. The zero-order valence-corrected chi connectivity index (χ0v) is 14.4. The molecule has 0 fully saturated rings. The zero-order valence-electron chi connectivity index (χ0n) is 12.9. The van der Waals surface area contributed by atoms with Crippen molar-refractivity contribution < 1.29 is 4.39 Å². The Morgan fingerprint density at radius 2 is 2.04 bits per heavy atom. The summed E-state index contributed by atoms with van der Waals surface area (Å²) in [6.45, 7) is 4.69. The molecule has 0 saturated heterocycles. The van der Waals surface area contributed by atoms with Crippen LogP contribution < -0.4 is 0 Å². The summed E-state index contributed by atoms with van der Waals surface area (Å²) in [5, 5.41) is 18.3. The molecule has 4 aromatic rings. The summed E-state index contributed by atoms with van der Waals surface area (Å²) >= 11 is 7.36. The van der Waals surface area contributed by atoms with Crippen LogP contribution in [0.25, 0.3) is 27.1 Å². The Kier molecular flexibility index (Phi) is 3.58. The van der Waals surface area contributed by atoms with Crippen LogP contribution in [0.1, 0.15) is 12.6 Å². The van der Waals surface area contributed by atoms with E-state index >= 15 is 0 Å². The molecule has 0 spiro atoms. The lowest BCUT2D eigenvalue weighted by atomic mass is 10.2. The van der Waals surface area contributed by atoms with Crippen LogP contribution in [0.5, 0.6) is 0 Å². The Labute approximate surface area is 145 Å². The van der Waals surface area contributed by atoms with E-state index in [1.807, 2.05) is 24.6 Å². The minimum absolute atomic E-state index is 0.270. The van der Waals surface area contributed by atoms with Gasteiger partial charge in [0.2, 0.25) is 4.96 Å². The molecular formula is C15H12ClFN6S. The molecule has 1 aromatic carbocycles. The quantitative estimate of drug-likeness (QED) is 0.555. The highest BCUT2D eigenvalue weighted by Gasteiger charge is 2.19. The predicted octanol–water partition coefficient (Wildman–Crippen LogP) is 3.84. The Hall–Kier alpha value is -2.32. The van der Waals surface area contributed by atoms with Crippen molar-refractivity contribution >= 4 is 27.9 Å². The van der Waals surface area contributed by atoms with Gasteiger partial charge in [0, 0.05) is 11.6 Å². The third-order valence-electron chi connectivity index (χ3n) is 3.58. The third kappa shape index (κ3) is 2.38. The van der Waals surface area contributed by atoms with Crippen LogP contribution in [-0.4, -0.2) is 29.6 Å². The van der Waals surface area contributed by atoms with Gasteiger partial charge in [-0.2, -0.15) is 14.7 Å². The molecule has 0 bridgehead atoms. The highest BCUT2D eigenvalue weighted by molar-refractivity contribution is 7.19. The maximum absolute atomic E-state index is 14.1. The first-order chi connectivity index (χ1) is 11.6. The van der Waals surface area contributed by atoms with Gasteiger partial charge in [-0.25, -0.2) is 4.39 Å². The van der Waals surface area contributed by atoms with E-state index in [-0.39, 0.29) is 5.56 Å². The van der Waals surface area contributed by atoms with Gasteiger partial charge in [-0.3, -0.25) is 4.68 Å². The number of aryl methyl sites for hydroxylation is 2. The van der Waals surface area contributed by atoms with Crippen molar-refractivity contribution in [2.45, 2.75) is 20.4 Å². The van der Waals surface area contributed by atoms with Crippen LogP contribution in [0.4, 0.5) is 4.39 Å². The van der Waals surface area contributed by atoms with Crippen molar-refractivity contribution in [2.24, 2.45) is 0 Å². The average molecular weight is 363 g/mol. The van der Waals surface area contributed by atoms with E-state index in [4.69, 9.17) is 11.6 Å². The monoisotopic (exact) mass is 362 g/mol. The van der Waals surface area contributed by atoms with Crippen LogP contribution in [0.2, 0.25) is 5.02 Å². The largest absolute Gasteiger partial charge is 0.262 e. The lowest BCUT2D eigenvalue weighted by Gasteiger charge is -2.01. The van der Waals surface area contributed by atoms with Gasteiger partial charge in [0.25, 0.3) is 0 Å². The smallest absolute Gasteiger partial charge is 0.235 e. The summed E-state index contributed by atoms with van der Waals surface area (Å²) in [7, 11) is 0. The molecule has 122 valence electrons. The second kappa shape index (κ2) is 5.64. The van der Waals surface area contributed by atoms with Crippen molar-refractivity contribution in [3.05, 3.63) is 40.8 Å². The topological polar surface area (TPSA) is 60.9 Å². The van der Waals surface area contributed by atoms with Gasteiger partial charge in [0.05, 0.1) is 17.0 Å². The molecule has 9 heteroatoms. The maximum atomic E-state index is 14.1. The highest BCUT2D eigenvalue weighted by Crippen LogP contribution is 2.30. The predicted molar refractivity (Wildman–Crippen MR) is 90.7 cm³/mol. The fraction of sp³-hybridized carbons (Fsp3) is 0.200. The van der Waals surface area contributed by atoms with E-state index in [1.165, 1.54) is 34.1 Å². The molecule has 24 heavy (non-hydrogen) atoms. The van der Waals surface area contributed by atoms with Gasteiger partial charge in [0.15, 0.2) is 10.8 Å². The molecule has 0 aliphatic carbocycles. The van der Waals surface area contributed by atoms with Gasteiger partial charge in [-0.1, -0.05) is 22.9 Å². The SMILES string of the molecule is CCn1nc(C)cc1-c1nn2c(-c3cc(Cl)ccc3F)nnc2s1. The van der Waals surface area contributed by atoms with Crippen LogP contribution >= 0.6 is 22.9 Å². The van der Waals surface area contributed by atoms with Gasteiger partial charge in [-0.05, 0) is 38.1 Å². The lowest BCUT2D eigenvalue weighted by molar-refractivity contribution is 0.629. The van der Waals surface area contributed by atoms with Gasteiger partial charge in [-0.15, -0.1) is 10.2 Å². The minimum atomic E-state index is -0.419. The second-order valence-electron chi connectivity index (χ2n) is 5.24. The lowest BCUT2D eigenvalue weighted by Crippen LogP contribution is -2.00. The number of halogens is 2. The van der Waals surface area contributed by atoms with Crippen LogP contribution in [0.15, 0.2) is 24.3 Å². The van der Waals surface area contributed by atoms with Crippen molar-refractivity contribution in [1.29, 1.82) is 0 Å². The van der Waals surface area contributed by atoms with E-state index < -0.39 is 5.82 Å². The molecule has 6 nitrogen and oxygen atoms in total.